The first kappa shape index (κ1) is 30.5. The Morgan fingerprint density at radius 1 is 1.13 bits per heavy atom. The second-order valence-corrected chi connectivity index (χ2v) is 12.3. The van der Waals surface area contributed by atoms with E-state index < -0.39 is 5.60 Å². The third-order valence-corrected chi connectivity index (χ3v) is 9.30. The molecular weight excluding hydrogens is 598 g/mol. The van der Waals surface area contributed by atoms with Crippen LogP contribution in [0.1, 0.15) is 36.4 Å². The molecular formula is C34H37N9O4. The van der Waals surface area contributed by atoms with Crippen LogP contribution >= 0.6 is 0 Å². The number of allylic oxidation sites excluding steroid dienone is 1. The standard InChI is InChI=1S/C34H37N9O4/c1-41-21-36-32(40-41)24-5-3-22(4-6-24)23-11-14-43(15-12-23)30(45)19-42-16-13-34(20-42,47-2)33(46)37-26-8-9-28-27(17-26)31(39-38-28)25-7-10-29(44)35-18-25/h3-6,8-11,17-18,21,25,44H,7,12-16,19-20H2,1-2H3,(H,37,46)(H,38,39)/t25?,34-/m0/s1. The number of nitrogens with zero attached hydrogens (tertiary/aromatic N) is 7. The van der Waals surface area contributed by atoms with E-state index in [1.165, 1.54) is 5.57 Å². The van der Waals surface area contributed by atoms with Crippen molar-refractivity contribution in [3.8, 4) is 11.4 Å². The maximum absolute atomic E-state index is 13.6. The Labute approximate surface area is 271 Å². The number of carbonyl (C=O) groups excluding carboxylic acids is 2. The van der Waals surface area contributed by atoms with E-state index in [9.17, 15) is 14.7 Å². The van der Waals surface area contributed by atoms with E-state index in [1.54, 1.807) is 30.4 Å². The molecule has 0 radical (unpaired) electrons. The van der Waals surface area contributed by atoms with Gasteiger partial charge in [0.1, 0.15) is 6.33 Å². The van der Waals surface area contributed by atoms with Gasteiger partial charge in [-0.3, -0.25) is 24.3 Å². The van der Waals surface area contributed by atoms with Crippen molar-refractivity contribution in [2.24, 2.45) is 12.0 Å². The second kappa shape index (κ2) is 12.6. The van der Waals surface area contributed by atoms with Gasteiger partial charge < -0.3 is 20.1 Å². The number of aromatic nitrogens is 5. The van der Waals surface area contributed by atoms with Crippen LogP contribution in [0.25, 0.3) is 27.9 Å². The number of aromatic amines is 1. The molecule has 2 amide bonds. The number of carbonyl (C=O) groups is 2. The van der Waals surface area contributed by atoms with E-state index in [0.29, 0.717) is 50.5 Å². The van der Waals surface area contributed by atoms with Crippen LogP contribution in [-0.4, -0.2) is 103 Å². The molecule has 4 aromatic rings. The number of hydrogen-bond acceptors (Lipinski definition) is 9. The van der Waals surface area contributed by atoms with Crippen molar-refractivity contribution in [2.45, 2.75) is 30.8 Å². The Bertz CT molecular complexity index is 1910. The fourth-order valence-corrected chi connectivity index (χ4v) is 6.53. The highest BCUT2D eigenvalue weighted by molar-refractivity contribution is 6.00. The van der Waals surface area contributed by atoms with Crippen molar-refractivity contribution in [3.05, 3.63) is 78.1 Å². The molecule has 0 bridgehead atoms. The largest absolute Gasteiger partial charge is 0.494 e. The van der Waals surface area contributed by atoms with Gasteiger partial charge in [0.05, 0.1) is 17.8 Å². The maximum Gasteiger partial charge on any atom is 0.258 e. The summed E-state index contributed by atoms with van der Waals surface area (Å²) in [5, 5.41) is 25.3. The highest BCUT2D eigenvalue weighted by Gasteiger charge is 2.45. The molecule has 3 aliphatic heterocycles. The van der Waals surface area contributed by atoms with Crippen molar-refractivity contribution >= 4 is 40.2 Å². The number of aliphatic hydroxyl groups excluding tert-OH is 1. The van der Waals surface area contributed by atoms with Crippen molar-refractivity contribution in [1.82, 2.24) is 34.8 Å². The number of hydrogen-bond donors (Lipinski definition) is 3. The first-order chi connectivity index (χ1) is 22.8. The third-order valence-electron chi connectivity index (χ3n) is 9.30. The minimum atomic E-state index is -1.07. The molecule has 13 nitrogen and oxygen atoms in total. The Kier molecular flexibility index (Phi) is 8.16. The number of ether oxygens (including phenoxy) is 1. The molecule has 1 fully saturated rings. The van der Waals surface area contributed by atoms with E-state index in [-0.39, 0.29) is 30.2 Å². The molecule has 0 aliphatic carbocycles. The van der Waals surface area contributed by atoms with Gasteiger partial charge in [-0.2, -0.15) is 10.2 Å². The number of methoxy groups -OCH3 is 1. The highest BCUT2D eigenvalue weighted by Crippen LogP contribution is 2.32. The second-order valence-electron chi connectivity index (χ2n) is 12.3. The van der Waals surface area contributed by atoms with Gasteiger partial charge in [0.15, 0.2) is 11.4 Å². The zero-order valence-electron chi connectivity index (χ0n) is 26.4. The number of benzene rings is 2. The predicted octanol–water partition coefficient (Wildman–Crippen LogP) is 3.66. The molecule has 0 saturated carbocycles. The zero-order valence-corrected chi connectivity index (χ0v) is 26.4. The van der Waals surface area contributed by atoms with Crippen LogP contribution in [0, 0.1) is 0 Å². The number of aliphatic hydroxyl groups is 1. The average Bonchev–Trinajstić information content (AvgIpc) is 3.84. The lowest BCUT2D eigenvalue weighted by Gasteiger charge is -2.30. The quantitative estimate of drug-likeness (QED) is 0.265. The number of aryl methyl sites for hydroxylation is 1. The van der Waals surface area contributed by atoms with Crippen LogP contribution in [-0.2, 0) is 21.4 Å². The number of anilines is 1. The van der Waals surface area contributed by atoms with Crippen LogP contribution in [0.15, 0.2) is 71.8 Å². The molecule has 3 N–H and O–H groups in total. The molecule has 0 spiro atoms. The Morgan fingerprint density at radius 2 is 1.96 bits per heavy atom. The molecule has 3 aliphatic rings. The molecule has 1 saturated heterocycles. The number of rotatable bonds is 8. The molecule has 242 valence electrons. The van der Waals surface area contributed by atoms with Gasteiger partial charge in [-0.15, -0.1) is 0 Å². The molecule has 5 heterocycles. The smallest absolute Gasteiger partial charge is 0.258 e. The van der Waals surface area contributed by atoms with Gasteiger partial charge in [0, 0.05) is 69.1 Å². The lowest BCUT2D eigenvalue weighted by Crippen LogP contribution is -2.48. The molecule has 13 heteroatoms. The van der Waals surface area contributed by atoms with Gasteiger partial charge in [-0.1, -0.05) is 30.3 Å². The van der Waals surface area contributed by atoms with Crippen LogP contribution < -0.4 is 5.32 Å². The SMILES string of the molecule is CO[C@@]1(C(=O)Nc2ccc3n[nH]c(C4C=NC(O)=CC4)c3c2)CCN(CC(=O)N2CC=C(c3ccc(-c4ncn(C)n4)cc3)CC2)C1. The summed E-state index contributed by atoms with van der Waals surface area (Å²) in [5.74, 6) is 0.437. The van der Waals surface area contributed by atoms with Crippen molar-refractivity contribution in [3.63, 3.8) is 0 Å². The van der Waals surface area contributed by atoms with E-state index >= 15 is 0 Å². The summed E-state index contributed by atoms with van der Waals surface area (Å²) >= 11 is 0. The highest BCUT2D eigenvalue weighted by atomic mass is 16.5. The zero-order chi connectivity index (χ0) is 32.5. The third kappa shape index (κ3) is 6.19. The lowest BCUT2D eigenvalue weighted by atomic mass is 9.97. The van der Waals surface area contributed by atoms with E-state index in [2.05, 4.69) is 48.8 Å². The predicted molar refractivity (Wildman–Crippen MR) is 178 cm³/mol. The van der Waals surface area contributed by atoms with Gasteiger partial charge in [-0.25, -0.2) is 9.98 Å². The minimum Gasteiger partial charge on any atom is -0.494 e. The molecule has 2 aromatic heterocycles. The topological polar surface area (TPSA) is 154 Å². The van der Waals surface area contributed by atoms with Crippen molar-refractivity contribution in [2.75, 3.05) is 45.2 Å². The molecule has 47 heavy (non-hydrogen) atoms. The Balaban J connectivity index is 0.950. The van der Waals surface area contributed by atoms with E-state index in [1.807, 2.05) is 47.2 Å². The number of nitrogens with one attached hydrogen (secondary N) is 2. The fraction of sp³-hybridized carbons (Fsp3) is 0.353. The van der Waals surface area contributed by atoms with Gasteiger partial charge >= 0.3 is 0 Å². The monoisotopic (exact) mass is 635 g/mol. The van der Waals surface area contributed by atoms with Gasteiger partial charge in [0.25, 0.3) is 5.91 Å². The van der Waals surface area contributed by atoms with Crippen molar-refractivity contribution < 1.29 is 19.4 Å². The van der Waals surface area contributed by atoms with Crippen molar-refractivity contribution in [1.29, 1.82) is 0 Å². The summed E-state index contributed by atoms with van der Waals surface area (Å²) in [5.41, 5.74) is 4.51. The Morgan fingerprint density at radius 3 is 2.66 bits per heavy atom. The number of fused-ring (bicyclic) bond motifs is 1. The summed E-state index contributed by atoms with van der Waals surface area (Å²) in [6.07, 6.45) is 9.02. The molecule has 2 atom stereocenters. The molecule has 2 aromatic carbocycles. The summed E-state index contributed by atoms with van der Waals surface area (Å²) in [7, 11) is 3.39. The molecule has 1 unspecified atom stereocenters. The number of aliphatic imine (C=N–C) groups is 1. The maximum atomic E-state index is 13.6. The number of amides is 2. The Hall–Kier alpha value is -5.14. The number of likely N-dealkylation sites (tertiary alicyclic amines) is 1. The first-order valence-electron chi connectivity index (χ1n) is 15.7. The normalized spacial score (nSPS) is 21.6. The number of H-pyrrole nitrogens is 1. The summed E-state index contributed by atoms with van der Waals surface area (Å²) in [6, 6.07) is 13.8. The van der Waals surface area contributed by atoms with Gasteiger partial charge in [0.2, 0.25) is 11.8 Å². The van der Waals surface area contributed by atoms with Crippen LogP contribution in [0.5, 0.6) is 0 Å². The van der Waals surface area contributed by atoms with Crippen LogP contribution in [0.3, 0.4) is 0 Å². The summed E-state index contributed by atoms with van der Waals surface area (Å²) in [4.78, 5) is 39.1. The molecule has 7 rings (SSSR count). The first-order valence-corrected chi connectivity index (χ1v) is 15.7. The van der Waals surface area contributed by atoms with Gasteiger partial charge in [-0.05, 0) is 54.7 Å². The van der Waals surface area contributed by atoms with E-state index in [0.717, 1.165) is 34.1 Å². The summed E-state index contributed by atoms with van der Waals surface area (Å²) in [6.45, 7) is 2.31. The summed E-state index contributed by atoms with van der Waals surface area (Å²) < 4.78 is 7.51. The lowest BCUT2D eigenvalue weighted by molar-refractivity contribution is -0.138. The average molecular weight is 636 g/mol. The van der Waals surface area contributed by atoms with Crippen LogP contribution in [0.2, 0.25) is 0 Å². The fourth-order valence-electron chi connectivity index (χ4n) is 6.53. The minimum absolute atomic E-state index is 0.00895. The van der Waals surface area contributed by atoms with E-state index in [4.69, 9.17) is 4.74 Å². The van der Waals surface area contributed by atoms with Crippen LogP contribution in [0.4, 0.5) is 5.69 Å².